The topological polar surface area (TPSA) is 33.1 Å². The number of nitrogens with one attached hydrogen (secondary N) is 1. The highest BCUT2D eigenvalue weighted by molar-refractivity contribution is 5.64. The van der Waals surface area contributed by atoms with Crippen molar-refractivity contribution in [2.24, 2.45) is 0 Å². The maximum Gasteiger partial charge on any atom is 0.0971 e. The molecule has 1 aliphatic rings. The molecule has 2 heterocycles. The van der Waals surface area contributed by atoms with Crippen LogP contribution in [0.15, 0.2) is 30.3 Å². The molecule has 1 N–H and O–H groups in total. The number of benzene rings is 1. The Kier molecular flexibility index (Phi) is 4.36. The lowest BCUT2D eigenvalue weighted by atomic mass is 10.0. The van der Waals surface area contributed by atoms with Crippen LogP contribution in [0.25, 0.3) is 11.3 Å². The van der Waals surface area contributed by atoms with Crippen molar-refractivity contribution in [1.82, 2.24) is 20.0 Å². The SMILES string of the molecule is CN(C)CCCn1nc(-c2ccccc2)c2c1CCNC2. The largest absolute Gasteiger partial charge is 0.312 e. The molecule has 2 aromatic rings. The molecule has 21 heavy (non-hydrogen) atoms. The van der Waals surface area contributed by atoms with Crippen molar-refractivity contribution in [2.45, 2.75) is 25.9 Å². The van der Waals surface area contributed by atoms with Crippen LogP contribution in [0.1, 0.15) is 17.7 Å². The van der Waals surface area contributed by atoms with Gasteiger partial charge >= 0.3 is 0 Å². The summed E-state index contributed by atoms with van der Waals surface area (Å²) in [5, 5.41) is 8.39. The Morgan fingerprint density at radius 3 is 2.81 bits per heavy atom. The molecule has 0 radical (unpaired) electrons. The smallest absolute Gasteiger partial charge is 0.0971 e. The van der Waals surface area contributed by atoms with Crippen molar-refractivity contribution in [1.29, 1.82) is 0 Å². The van der Waals surface area contributed by atoms with Crippen LogP contribution in [0.3, 0.4) is 0 Å². The second kappa shape index (κ2) is 6.41. The van der Waals surface area contributed by atoms with Gasteiger partial charge in [0.15, 0.2) is 0 Å². The molecular formula is C17H24N4. The van der Waals surface area contributed by atoms with Crippen LogP contribution in [0.2, 0.25) is 0 Å². The standard InChI is InChI=1S/C17H24N4/c1-20(2)11-6-12-21-16-9-10-18-13-15(16)17(19-21)14-7-4-3-5-8-14/h3-5,7-8,18H,6,9-13H2,1-2H3. The third-order valence-corrected chi connectivity index (χ3v) is 4.03. The minimum Gasteiger partial charge on any atom is -0.312 e. The van der Waals surface area contributed by atoms with E-state index in [2.05, 4.69) is 59.3 Å². The Labute approximate surface area is 126 Å². The van der Waals surface area contributed by atoms with E-state index in [-0.39, 0.29) is 0 Å². The number of aryl methyl sites for hydroxylation is 1. The summed E-state index contributed by atoms with van der Waals surface area (Å²) >= 11 is 0. The number of rotatable bonds is 5. The average molecular weight is 284 g/mol. The first-order valence-corrected chi connectivity index (χ1v) is 7.75. The summed E-state index contributed by atoms with van der Waals surface area (Å²) in [4.78, 5) is 2.23. The normalized spacial score (nSPS) is 14.4. The lowest BCUT2D eigenvalue weighted by Crippen LogP contribution is -2.25. The molecule has 4 heteroatoms. The van der Waals surface area contributed by atoms with Gasteiger partial charge < -0.3 is 10.2 Å². The Bertz CT molecular complexity index is 586. The molecule has 1 aromatic carbocycles. The minimum absolute atomic E-state index is 0.938. The van der Waals surface area contributed by atoms with E-state index in [4.69, 9.17) is 5.10 Å². The van der Waals surface area contributed by atoms with E-state index in [1.165, 1.54) is 16.8 Å². The van der Waals surface area contributed by atoms with Crippen LogP contribution in [0.5, 0.6) is 0 Å². The second-order valence-electron chi connectivity index (χ2n) is 5.95. The highest BCUT2D eigenvalue weighted by Crippen LogP contribution is 2.27. The number of nitrogens with zero attached hydrogens (tertiary/aromatic N) is 3. The molecule has 4 nitrogen and oxygen atoms in total. The second-order valence-corrected chi connectivity index (χ2v) is 5.95. The summed E-state index contributed by atoms with van der Waals surface area (Å²) in [6.45, 7) is 4.11. The van der Waals surface area contributed by atoms with Crippen molar-refractivity contribution in [2.75, 3.05) is 27.2 Å². The van der Waals surface area contributed by atoms with E-state index in [9.17, 15) is 0 Å². The summed E-state index contributed by atoms with van der Waals surface area (Å²) in [5.41, 5.74) is 5.19. The highest BCUT2D eigenvalue weighted by atomic mass is 15.3. The van der Waals surface area contributed by atoms with Crippen molar-refractivity contribution in [3.05, 3.63) is 41.6 Å². The summed E-state index contributed by atoms with van der Waals surface area (Å²) in [6.07, 6.45) is 2.22. The van der Waals surface area contributed by atoms with Gasteiger partial charge in [-0.1, -0.05) is 30.3 Å². The zero-order valence-corrected chi connectivity index (χ0v) is 13.0. The van der Waals surface area contributed by atoms with Crippen molar-refractivity contribution in [3.63, 3.8) is 0 Å². The van der Waals surface area contributed by atoms with E-state index in [1.807, 2.05) is 0 Å². The molecule has 0 aliphatic carbocycles. The number of hydrogen-bond donors (Lipinski definition) is 1. The molecule has 0 unspecified atom stereocenters. The molecule has 0 bridgehead atoms. The molecule has 0 amide bonds. The predicted octanol–water partition coefficient (Wildman–Crippen LogP) is 2.15. The van der Waals surface area contributed by atoms with Gasteiger partial charge in [0.05, 0.1) is 5.69 Å². The van der Waals surface area contributed by atoms with E-state index < -0.39 is 0 Å². The summed E-state index contributed by atoms with van der Waals surface area (Å²) < 4.78 is 2.24. The summed E-state index contributed by atoms with van der Waals surface area (Å²) in [5.74, 6) is 0. The van der Waals surface area contributed by atoms with Crippen LogP contribution < -0.4 is 5.32 Å². The number of fused-ring (bicyclic) bond motifs is 1. The maximum atomic E-state index is 4.92. The monoisotopic (exact) mass is 284 g/mol. The molecule has 1 aliphatic heterocycles. The van der Waals surface area contributed by atoms with E-state index in [1.54, 1.807) is 0 Å². The van der Waals surface area contributed by atoms with Crippen LogP contribution in [0.4, 0.5) is 0 Å². The maximum absolute atomic E-state index is 4.92. The van der Waals surface area contributed by atoms with E-state index in [0.29, 0.717) is 0 Å². The fourth-order valence-corrected chi connectivity index (χ4v) is 2.97. The lowest BCUT2D eigenvalue weighted by Gasteiger charge is -2.16. The predicted molar refractivity (Wildman–Crippen MR) is 86.2 cm³/mol. The fraction of sp³-hybridized carbons (Fsp3) is 0.471. The van der Waals surface area contributed by atoms with Gasteiger partial charge in [-0.15, -0.1) is 0 Å². The Morgan fingerprint density at radius 1 is 1.24 bits per heavy atom. The molecule has 0 saturated heterocycles. The first-order valence-electron chi connectivity index (χ1n) is 7.75. The first kappa shape index (κ1) is 14.3. The van der Waals surface area contributed by atoms with Gasteiger partial charge in [0.25, 0.3) is 0 Å². The van der Waals surface area contributed by atoms with Gasteiger partial charge in [0.1, 0.15) is 0 Å². The van der Waals surface area contributed by atoms with Crippen molar-refractivity contribution in [3.8, 4) is 11.3 Å². The lowest BCUT2D eigenvalue weighted by molar-refractivity contribution is 0.377. The van der Waals surface area contributed by atoms with Gasteiger partial charge in [0.2, 0.25) is 0 Å². The van der Waals surface area contributed by atoms with Gasteiger partial charge in [-0.3, -0.25) is 4.68 Å². The Morgan fingerprint density at radius 2 is 2.05 bits per heavy atom. The van der Waals surface area contributed by atoms with Gasteiger partial charge in [0, 0.05) is 42.9 Å². The Balaban J connectivity index is 1.89. The van der Waals surface area contributed by atoms with Crippen molar-refractivity contribution >= 4 is 0 Å². The minimum atomic E-state index is 0.938. The summed E-state index contributed by atoms with van der Waals surface area (Å²) in [6, 6.07) is 10.5. The third-order valence-electron chi connectivity index (χ3n) is 4.03. The van der Waals surface area contributed by atoms with Crippen LogP contribution in [-0.4, -0.2) is 41.9 Å². The van der Waals surface area contributed by atoms with Crippen molar-refractivity contribution < 1.29 is 0 Å². The zero-order chi connectivity index (χ0) is 14.7. The zero-order valence-electron chi connectivity index (χ0n) is 13.0. The fourth-order valence-electron chi connectivity index (χ4n) is 2.97. The van der Waals surface area contributed by atoms with Gasteiger partial charge in [-0.05, 0) is 27.1 Å². The van der Waals surface area contributed by atoms with E-state index >= 15 is 0 Å². The quantitative estimate of drug-likeness (QED) is 0.913. The molecule has 1 aromatic heterocycles. The van der Waals surface area contributed by atoms with Gasteiger partial charge in [-0.25, -0.2) is 0 Å². The third kappa shape index (κ3) is 3.17. The molecule has 0 atom stereocenters. The number of aromatic nitrogens is 2. The van der Waals surface area contributed by atoms with E-state index in [0.717, 1.165) is 44.7 Å². The molecule has 3 rings (SSSR count). The van der Waals surface area contributed by atoms with Crippen LogP contribution in [-0.2, 0) is 19.5 Å². The molecule has 112 valence electrons. The van der Waals surface area contributed by atoms with Crippen LogP contribution in [0, 0.1) is 0 Å². The molecule has 0 saturated carbocycles. The molecule has 0 fully saturated rings. The van der Waals surface area contributed by atoms with Gasteiger partial charge in [-0.2, -0.15) is 5.10 Å². The van der Waals surface area contributed by atoms with Crippen LogP contribution >= 0.6 is 0 Å². The summed E-state index contributed by atoms with van der Waals surface area (Å²) in [7, 11) is 4.25. The number of hydrogen-bond acceptors (Lipinski definition) is 3. The molecule has 0 spiro atoms. The molecular weight excluding hydrogens is 260 g/mol. The highest BCUT2D eigenvalue weighted by Gasteiger charge is 2.21. The average Bonchev–Trinajstić information content (AvgIpc) is 2.87. The first-order chi connectivity index (χ1) is 10.3. The Hall–Kier alpha value is -1.65.